The summed E-state index contributed by atoms with van der Waals surface area (Å²) in [5.74, 6) is 0.771. The molecule has 1 aromatic heterocycles. The van der Waals surface area contributed by atoms with Gasteiger partial charge in [-0.3, -0.25) is 4.79 Å². The average molecular weight is 398 g/mol. The van der Waals surface area contributed by atoms with Crippen LogP contribution in [0.3, 0.4) is 0 Å². The maximum atomic E-state index is 12.9. The van der Waals surface area contributed by atoms with Gasteiger partial charge < -0.3 is 9.88 Å². The Morgan fingerprint density at radius 1 is 1.35 bits per heavy atom. The summed E-state index contributed by atoms with van der Waals surface area (Å²) in [6.45, 7) is 0. The highest BCUT2D eigenvalue weighted by atomic mass is 32.2. The first-order valence-electron chi connectivity index (χ1n) is 8.09. The Bertz CT molecular complexity index is 897. The molecule has 7 nitrogen and oxygen atoms in total. The summed E-state index contributed by atoms with van der Waals surface area (Å²) in [5, 5.41) is 11.5. The number of anilines is 1. The summed E-state index contributed by atoms with van der Waals surface area (Å²) >= 11 is 1.24. The van der Waals surface area contributed by atoms with Crippen LogP contribution in [0.2, 0.25) is 0 Å². The van der Waals surface area contributed by atoms with Crippen molar-refractivity contribution in [2.75, 3.05) is 22.6 Å². The van der Waals surface area contributed by atoms with Gasteiger partial charge in [0.25, 0.3) is 0 Å². The number of amides is 1. The molecule has 1 saturated heterocycles. The number of halogens is 1. The Labute approximate surface area is 155 Å². The maximum Gasteiger partial charge on any atom is 0.234 e. The number of hydrogen-bond acceptors (Lipinski definition) is 6. The summed E-state index contributed by atoms with van der Waals surface area (Å²) in [4.78, 5) is 12.0. The molecule has 2 aromatic rings. The number of thioether (sulfide) groups is 1. The fourth-order valence-electron chi connectivity index (χ4n) is 2.80. The molecular weight excluding hydrogens is 379 g/mol. The third-order valence-corrected chi connectivity index (χ3v) is 7.04. The number of nitrogens with one attached hydrogen (secondary N) is 1. The second kappa shape index (κ2) is 7.75. The lowest BCUT2D eigenvalue weighted by atomic mass is 10.1. The van der Waals surface area contributed by atoms with Crippen molar-refractivity contribution in [1.29, 1.82) is 0 Å². The van der Waals surface area contributed by atoms with Crippen LogP contribution < -0.4 is 5.32 Å². The van der Waals surface area contributed by atoms with E-state index in [0.717, 1.165) is 0 Å². The molecule has 1 amide bonds. The van der Waals surface area contributed by atoms with Gasteiger partial charge in [-0.05, 0) is 36.6 Å². The molecule has 26 heavy (non-hydrogen) atoms. The molecule has 0 aliphatic carbocycles. The quantitative estimate of drug-likeness (QED) is 0.744. The minimum absolute atomic E-state index is 0.0718. The van der Waals surface area contributed by atoms with Gasteiger partial charge >= 0.3 is 0 Å². The van der Waals surface area contributed by atoms with Crippen molar-refractivity contribution in [3.63, 3.8) is 0 Å². The Morgan fingerprint density at radius 3 is 2.73 bits per heavy atom. The van der Waals surface area contributed by atoms with Gasteiger partial charge in [0, 0.05) is 19.2 Å². The normalized spacial score (nSPS) is 18.8. The van der Waals surface area contributed by atoms with Gasteiger partial charge in [0.05, 0.1) is 17.3 Å². The van der Waals surface area contributed by atoms with Crippen molar-refractivity contribution in [3.05, 3.63) is 35.9 Å². The van der Waals surface area contributed by atoms with Gasteiger partial charge in [0.15, 0.2) is 15.0 Å². The highest BCUT2D eigenvalue weighted by Gasteiger charge is 2.29. The van der Waals surface area contributed by atoms with Gasteiger partial charge in [-0.2, -0.15) is 0 Å². The van der Waals surface area contributed by atoms with Gasteiger partial charge in [-0.1, -0.05) is 11.8 Å². The highest BCUT2D eigenvalue weighted by Crippen LogP contribution is 2.23. The smallest absolute Gasteiger partial charge is 0.234 e. The summed E-state index contributed by atoms with van der Waals surface area (Å²) in [5.41, 5.74) is 0.526. The first-order chi connectivity index (χ1) is 12.3. The maximum absolute atomic E-state index is 12.9. The Hall–Kier alpha value is -1.94. The van der Waals surface area contributed by atoms with Crippen molar-refractivity contribution in [2.45, 2.75) is 18.0 Å². The molecule has 1 unspecified atom stereocenters. The molecule has 3 rings (SSSR count). The lowest BCUT2D eigenvalue weighted by Crippen LogP contribution is -2.14. The van der Waals surface area contributed by atoms with Crippen LogP contribution in [0.25, 0.3) is 0 Å². The summed E-state index contributed by atoms with van der Waals surface area (Å²) < 4.78 is 37.8. The second-order valence-corrected chi connectivity index (χ2v) is 9.45. The topological polar surface area (TPSA) is 93.9 Å². The molecule has 140 valence electrons. The molecule has 1 aliphatic heterocycles. The van der Waals surface area contributed by atoms with E-state index >= 15 is 0 Å². The number of carbonyl (C=O) groups excluding carboxylic acids is 1. The van der Waals surface area contributed by atoms with Crippen LogP contribution in [-0.2, 0) is 28.1 Å². The van der Waals surface area contributed by atoms with E-state index in [2.05, 4.69) is 15.5 Å². The van der Waals surface area contributed by atoms with E-state index < -0.39 is 9.84 Å². The van der Waals surface area contributed by atoms with Crippen molar-refractivity contribution in [1.82, 2.24) is 14.8 Å². The molecule has 1 atom stereocenters. The van der Waals surface area contributed by atoms with Crippen LogP contribution in [0.15, 0.2) is 29.4 Å². The van der Waals surface area contributed by atoms with Crippen molar-refractivity contribution >= 4 is 33.2 Å². The Balaban J connectivity index is 1.53. The number of benzene rings is 1. The number of aromatic nitrogens is 3. The molecule has 10 heteroatoms. The number of sulfone groups is 1. The van der Waals surface area contributed by atoms with E-state index in [1.54, 1.807) is 11.6 Å². The highest BCUT2D eigenvalue weighted by molar-refractivity contribution is 7.99. The largest absolute Gasteiger partial charge is 0.325 e. The third-order valence-electron chi connectivity index (χ3n) is 4.18. The molecule has 0 bridgehead atoms. The van der Waals surface area contributed by atoms with E-state index in [0.29, 0.717) is 29.5 Å². The molecule has 1 aliphatic rings. The predicted octanol–water partition coefficient (Wildman–Crippen LogP) is 1.66. The summed E-state index contributed by atoms with van der Waals surface area (Å²) in [6.07, 6.45) is 1.21. The minimum atomic E-state index is -2.91. The Kier molecular flexibility index (Phi) is 5.61. The van der Waals surface area contributed by atoms with Crippen molar-refractivity contribution in [2.24, 2.45) is 13.0 Å². The van der Waals surface area contributed by atoms with Gasteiger partial charge in [-0.15, -0.1) is 10.2 Å². The van der Waals surface area contributed by atoms with E-state index in [4.69, 9.17) is 0 Å². The molecular formula is C16H19FN4O3S2. The van der Waals surface area contributed by atoms with Crippen LogP contribution in [0.4, 0.5) is 10.1 Å². The van der Waals surface area contributed by atoms with Crippen LogP contribution in [0, 0.1) is 11.7 Å². The minimum Gasteiger partial charge on any atom is -0.325 e. The second-order valence-electron chi connectivity index (χ2n) is 6.27. The lowest BCUT2D eigenvalue weighted by Gasteiger charge is -2.08. The van der Waals surface area contributed by atoms with Crippen LogP contribution in [0.1, 0.15) is 12.2 Å². The molecule has 0 radical (unpaired) electrons. The van der Waals surface area contributed by atoms with Crippen LogP contribution in [-0.4, -0.2) is 46.3 Å². The number of nitrogens with zero attached hydrogens (tertiary/aromatic N) is 3. The van der Waals surface area contributed by atoms with Crippen molar-refractivity contribution < 1.29 is 17.6 Å². The molecule has 2 heterocycles. The standard InChI is InChI=1S/C16H19FN4O3S2/c1-21-14(8-11-6-7-26(23,24)10-11)19-20-16(21)25-9-15(22)18-13-4-2-12(17)3-5-13/h2-5,11H,6-10H2,1H3,(H,18,22). The Morgan fingerprint density at radius 2 is 2.08 bits per heavy atom. The predicted molar refractivity (Wildman–Crippen MR) is 97.2 cm³/mol. The van der Waals surface area contributed by atoms with Gasteiger partial charge in [0.2, 0.25) is 5.91 Å². The first-order valence-corrected chi connectivity index (χ1v) is 10.9. The molecule has 0 spiro atoms. The fourth-order valence-corrected chi connectivity index (χ4v) is 5.39. The fraction of sp³-hybridized carbons (Fsp3) is 0.438. The molecule has 1 aromatic carbocycles. The summed E-state index contributed by atoms with van der Waals surface area (Å²) in [6, 6.07) is 5.55. The number of rotatable bonds is 6. The molecule has 0 saturated carbocycles. The zero-order chi connectivity index (χ0) is 18.7. The number of hydrogen-bond donors (Lipinski definition) is 1. The van der Waals surface area contributed by atoms with E-state index in [1.165, 1.54) is 36.0 Å². The van der Waals surface area contributed by atoms with E-state index in [1.807, 2.05) is 0 Å². The summed E-state index contributed by atoms with van der Waals surface area (Å²) in [7, 11) is -1.11. The van der Waals surface area contributed by atoms with Crippen LogP contribution >= 0.6 is 11.8 Å². The zero-order valence-electron chi connectivity index (χ0n) is 14.2. The van der Waals surface area contributed by atoms with Crippen molar-refractivity contribution in [3.8, 4) is 0 Å². The molecule has 1 fully saturated rings. The zero-order valence-corrected chi connectivity index (χ0v) is 15.8. The lowest BCUT2D eigenvalue weighted by molar-refractivity contribution is -0.113. The van der Waals surface area contributed by atoms with Crippen LogP contribution in [0.5, 0.6) is 0 Å². The van der Waals surface area contributed by atoms with Gasteiger partial charge in [-0.25, -0.2) is 12.8 Å². The van der Waals surface area contributed by atoms with Gasteiger partial charge in [0.1, 0.15) is 11.6 Å². The number of carbonyl (C=O) groups is 1. The van der Waals surface area contributed by atoms with E-state index in [-0.39, 0.29) is 34.9 Å². The molecule has 1 N–H and O–H groups in total. The third kappa shape index (κ3) is 4.82. The monoisotopic (exact) mass is 398 g/mol. The average Bonchev–Trinajstić information content (AvgIpc) is 3.11. The SMILES string of the molecule is Cn1c(CC2CCS(=O)(=O)C2)nnc1SCC(=O)Nc1ccc(F)cc1. The van der Waals surface area contributed by atoms with E-state index in [9.17, 15) is 17.6 Å². The first kappa shape index (κ1) is 18.8.